The molecule has 1 fully saturated rings. The predicted molar refractivity (Wildman–Crippen MR) is 67.1 cm³/mol. The smallest absolute Gasteiger partial charge is 0.320 e. The summed E-state index contributed by atoms with van der Waals surface area (Å²) >= 11 is 6.10. The molecule has 3 nitrogen and oxygen atoms in total. The van der Waals surface area contributed by atoms with Crippen LogP contribution < -0.4 is 0 Å². The molecule has 1 aromatic rings. The van der Waals surface area contributed by atoms with Crippen molar-refractivity contribution in [2.24, 2.45) is 0 Å². The Labute approximate surface area is 106 Å². The van der Waals surface area contributed by atoms with E-state index >= 15 is 0 Å². The Hall–Kier alpha value is -1.06. The summed E-state index contributed by atoms with van der Waals surface area (Å²) in [6.07, 6.45) is 2.17. The van der Waals surface area contributed by atoms with Gasteiger partial charge in [0, 0.05) is 17.6 Å². The molecule has 0 spiro atoms. The van der Waals surface area contributed by atoms with Gasteiger partial charge in [0.2, 0.25) is 0 Å². The highest BCUT2D eigenvalue weighted by Crippen LogP contribution is 2.31. The molecule has 17 heavy (non-hydrogen) atoms. The maximum atomic E-state index is 11.1. The quantitative estimate of drug-likeness (QED) is 0.877. The van der Waals surface area contributed by atoms with E-state index in [2.05, 4.69) is 0 Å². The third-order valence-corrected chi connectivity index (χ3v) is 3.55. The van der Waals surface area contributed by atoms with Gasteiger partial charge in [0.15, 0.2) is 0 Å². The molecule has 0 amide bonds. The van der Waals surface area contributed by atoms with Crippen molar-refractivity contribution < 1.29 is 9.90 Å². The number of rotatable bonds is 5. The molecule has 1 aliphatic rings. The number of hydrogen-bond acceptors (Lipinski definition) is 2. The Bertz CT molecular complexity index is 418. The molecular weight excluding hydrogens is 238 g/mol. The summed E-state index contributed by atoms with van der Waals surface area (Å²) in [6.45, 7) is 2.34. The summed E-state index contributed by atoms with van der Waals surface area (Å²) in [7, 11) is 0. The first-order valence-electron chi connectivity index (χ1n) is 5.81. The van der Waals surface area contributed by atoms with Crippen molar-refractivity contribution in [1.82, 2.24) is 4.90 Å². The van der Waals surface area contributed by atoms with Crippen LogP contribution in [0.25, 0.3) is 0 Å². The van der Waals surface area contributed by atoms with Gasteiger partial charge in [0.1, 0.15) is 6.04 Å². The second-order valence-corrected chi connectivity index (χ2v) is 4.92. The zero-order valence-corrected chi connectivity index (χ0v) is 10.5. The number of carboxylic acids is 1. The summed E-state index contributed by atoms with van der Waals surface area (Å²) in [5.41, 5.74) is 0.995. The third kappa shape index (κ3) is 2.99. The van der Waals surface area contributed by atoms with E-state index in [-0.39, 0.29) is 0 Å². The molecule has 2 rings (SSSR count). The van der Waals surface area contributed by atoms with Crippen molar-refractivity contribution in [2.75, 3.05) is 0 Å². The van der Waals surface area contributed by atoms with Gasteiger partial charge in [-0.1, -0.05) is 29.8 Å². The molecule has 1 atom stereocenters. The van der Waals surface area contributed by atoms with Crippen molar-refractivity contribution in [2.45, 2.75) is 38.4 Å². The highest BCUT2D eigenvalue weighted by atomic mass is 35.5. The largest absolute Gasteiger partial charge is 0.480 e. The summed E-state index contributed by atoms with van der Waals surface area (Å²) in [5.74, 6) is -0.774. The molecule has 0 saturated heterocycles. The first kappa shape index (κ1) is 12.4. The lowest BCUT2D eigenvalue weighted by atomic mass is 10.1. The van der Waals surface area contributed by atoms with Crippen LogP contribution in [0.15, 0.2) is 24.3 Å². The zero-order valence-electron chi connectivity index (χ0n) is 9.77. The van der Waals surface area contributed by atoms with E-state index in [4.69, 9.17) is 16.7 Å². The highest BCUT2D eigenvalue weighted by Gasteiger charge is 2.35. The minimum Gasteiger partial charge on any atom is -0.480 e. The molecule has 92 valence electrons. The third-order valence-electron chi connectivity index (χ3n) is 3.18. The van der Waals surface area contributed by atoms with Gasteiger partial charge in [0.05, 0.1) is 0 Å². The van der Waals surface area contributed by atoms with E-state index in [1.807, 2.05) is 29.2 Å². The number of aliphatic carboxylic acids is 1. The van der Waals surface area contributed by atoms with Gasteiger partial charge in [0.25, 0.3) is 0 Å². The van der Waals surface area contributed by atoms with Crippen LogP contribution in [0.5, 0.6) is 0 Å². The second kappa shape index (κ2) is 5.07. The molecular formula is C13H16ClNO2. The summed E-state index contributed by atoms with van der Waals surface area (Å²) in [6, 6.07) is 7.54. The summed E-state index contributed by atoms with van der Waals surface area (Å²) in [5, 5.41) is 9.81. The molecule has 0 radical (unpaired) electrons. The molecule has 1 aromatic carbocycles. The van der Waals surface area contributed by atoms with Gasteiger partial charge in [-0.05, 0) is 31.4 Å². The Morgan fingerprint density at radius 3 is 2.71 bits per heavy atom. The number of halogens is 1. The van der Waals surface area contributed by atoms with Gasteiger partial charge in [-0.3, -0.25) is 9.69 Å². The topological polar surface area (TPSA) is 40.5 Å². The molecule has 0 bridgehead atoms. The Kier molecular flexibility index (Phi) is 3.69. The first-order chi connectivity index (χ1) is 8.09. The number of carboxylic acid groups (broad SMARTS) is 1. The van der Waals surface area contributed by atoms with E-state index in [0.29, 0.717) is 17.6 Å². The SMILES string of the molecule is CC(C(=O)O)N(Cc1ccccc1Cl)C1CC1. The summed E-state index contributed by atoms with van der Waals surface area (Å²) in [4.78, 5) is 13.1. The number of benzene rings is 1. The van der Waals surface area contributed by atoms with Crippen molar-refractivity contribution in [1.29, 1.82) is 0 Å². The predicted octanol–water partition coefficient (Wildman–Crippen LogP) is 2.78. The fraction of sp³-hybridized carbons (Fsp3) is 0.462. The van der Waals surface area contributed by atoms with Crippen molar-refractivity contribution in [3.63, 3.8) is 0 Å². The van der Waals surface area contributed by atoms with Crippen LogP contribution in [0, 0.1) is 0 Å². The standard InChI is InChI=1S/C13H16ClNO2/c1-9(13(16)17)15(11-6-7-11)8-10-4-2-3-5-12(10)14/h2-5,9,11H,6-8H2,1H3,(H,16,17). The van der Waals surface area contributed by atoms with Crippen LogP contribution in [0.4, 0.5) is 0 Å². The maximum absolute atomic E-state index is 11.1. The lowest BCUT2D eigenvalue weighted by molar-refractivity contribution is -0.143. The van der Waals surface area contributed by atoms with Gasteiger partial charge in [-0.25, -0.2) is 0 Å². The van der Waals surface area contributed by atoms with Crippen LogP contribution in [0.3, 0.4) is 0 Å². The monoisotopic (exact) mass is 253 g/mol. The number of hydrogen-bond donors (Lipinski definition) is 1. The van der Waals surface area contributed by atoms with E-state index in [9.17, 15) is 4.79 Å². The fourth-order valence-corrected chi connectivity index (χ4v) is 2.15. The van der Waals surface area contributed by atoms with Gasteiger partial charge in [-0.2, -0.15) is 0 Å². The Morgan fingerprint density at radius 2 is 2.18 bits per heavy atom. The van der Waals surface area contributed by atoms with E-state index in [0.717, 1.165) is 18.4 Å². The van der Waals surface area contributed by atoms with Crippen LogP contribution in [0.2, 0.25) is 5.02 Å². The van der Waals surface area contributed by atoms with E-state index < -0.39 is 12.0 Å². The average Bonchev–Trinajstić information content (AvgIpc) is 3.11. The second-order valence-electron chi connectivity index (χ2n) is 4.51. The Morgan fingerprint density at radius 1 is 1.53 bits per heavy atom. The van der Waals surface area contributed by atoms with Gasteiger partial charge in [-0.15, -0.1) is 0 Å². The Balaban J connectivity index is 2.13. The van der Waals surface area contributed by atoms with E-state index in [1.54, 1.807) is 6.92 Å². The first-order valence-corrected chi connectivity index (χ1v) is 6.19. The van der Waals surface area contributed by atoms with Crippen LogP contribution >= 0.6 is 11.6 Å². The lowest BCUT2D eigenvalue weighted by Gasteiger charge is -2.26. The molecule has 4 heteroatoms. The number of carbonyl (C=O) groups is 1. The van der Waals surface area contributed by atoms with Gasteiger partial charge < -0.3 is 5.11 Å². The van der Waals surface area contributed by atoms with Crippen LogP contribution in [-0.4, -0.2) is 28.1 Å². The fourth-order valence-electron chi connectivity index (χ4n) is 1.95. The minimum atomic E-state index is -0.774. The molecule has 1 saturated carbocycles. The van der Waals surface area contributed by atoms with E-state index in [1.165, 1.54) is 0 Å². The maximum Gasteiger partial charge on any atom is 0.320 e. The molecule has 1 unspecified atom stereocenters. The minimum absolute atomic E-state index is 0.400. The van der Waals surface area contributed by atoms with Crippen LogP contribution in [0.1, 0.15) is 25.3 Å². The highest BCUT2D eigenvalue weighted by molar-refractivity contribution is 6.31. The molecule has 0 aromatic heterocycles. The molecule has 0 heterocycles. The number of nitrogens with zero attached hydrogens (tertiary/aromatic N) is 1. The van der Waals surface area contributed by atoms with Crippen molar-refractivity contribution in [3.05, 3.63) is 34.9 Å². The summed E-state index contributed by atoms with van der Waals surface area (Å²) < 4.78 is 0. The average molecular weight is 254 g/mol. The lowest BCUT2D eigenvalue weighted by Crippen LogP contribution is -2.40. The molecule has 1 aliphatic carbocycles. The zero-order chi connectivity index (χ0) is 12.4. The van der Waals surface area contributed by atoms with Crippen molar-refractivity contribution >= 4 is 17.6 Å². The molecule has 0 aliphatic heterocycles. The molecule has 1 N–H and O–H groups in total. The van der Waals surface area contributed by atoms with Crippen molar-refractivity contribution in [3.8, 4) is 0 Å². The van der Waals surface area contributed by atoms with Crippen LogP contribution in [-0.2, 0) is 11.3 Å². The normalized spacial score (nSPS) is 17.1. The van der Waals surface area contributed by atoms with Gasteiger partial charge >= 0.3 is 5.97 Å².